The van der Waals surface area contributed by atoms with Gasteiger partial charge in [-0.25, -0.2) is 9.37 Å². The van der Waals surface area contributed by atoms with Crippen LogP contribution in [-0.2, 0) is 16.8 Å². The van der Waals surface area contributed by atoms with Crippen LogP contribution in [0.15, 0.2) is 115 Å². The second-order valence-electron chi connectivity index (χ2n) is 13.6. The zero-order chi connectivity index (χ0) is 36.3. The van der Waals surface area contributed by atoms with Crippen LogP contribution < -0.4 is 10.6 Å². The number of nitrogens with one attached hydrogen (secondary N) is 2. The fraction of sp³-hybridized carbons (Fsp3) is 0.190. The Morgan fingerprint density at radius 3 is 2.24 bits per heavy atom. The Kier molecular flexibility index (Phi) is 10.1. The predicted octanol–water partition coefficient (Wildman–Crippen LogP) is 9.09. The zero-order valence-corrected chi connectivity index (χ0v) is 30.0. The smallest absolute Gasteiger partial charge is 0.281 e. The number of nitrogens with zero attached hydrogens (tertiary/aromatic N) is 2. The normalized spacial score (nSPS) is 12.0. The van der Waals surface area contributed by atoms with Crippen molar-refractivity contribution in [2.75, 3.05) is 12.4 Å². The van der Waals surface area contributed by atoms with Gasteiger partial charge >= 0.3 is 0 Å². The highest BCUT2D eigenvalue weighted by molar-refractivity contribution is 7.20. The van der Waals surface area contributed by atoms with Gasteiger partial charge in [0.2, 0.25) is 5.91 Å². The molecule has 0 radical (unpaired) electrons. The summed E-state index contributed by atoms with van der Waals surface area (Å²) in [6, 6.07) is 33.3. The molecule has 0 saturated heterocycles. The lowest BCUT2D eigenvalue weighted by atomic mass is 9.85. The minimum atomic E-state index is -0.973. The monoisotopic (exact) mass is 698 g/mol. The average molecular weight is 699 g/mol. The van der Waals surface area contributed by atoms with E-state index in [1.165, 1.54) is 33.9 Å². The number of benzene rings is 5. The molecule has 1 heterocycles. The van der Waals surface area contributed by atoms with Gasteiger partial charge in [-0.15, -0.1) is 11.3 Å². The van der Waals surface area contributed by atoms with Crippen molar-refractivity contribution in [3.8, 4) is 11.1 Å². The van der Waals surface area contributed by atoms with Crippen LogP contribution in [0, 0.1) is 12.7 Å². The second-order valence-corrected chi connectivity index (χ2v) is 14.6. The first-order chi connectivity index (χ1) is 24.4. The fourth-order valence-electron chi connectivity index (χ4n) is 5.96. The number of anilines is 1. The summed E-state index contributed by atoms with van der Waals surface area (Å²) in [6.45, 7) is 8.75. The maximum atomic E-state index is 13.7. The number of rotatable bonds is 9. The number of carbonyl (C=O) groups is 3. The van der Waals surface area contributed by atoms with Gasteiger partial charge in [-0.2, -0.15) is 0 Å². The minimum Gasteiger partial charge on any atom is -0.339 e. The number of hydrogen-bond acceptors (Lipinski definition) is 5. The quantitative estimate of drug-likeness (QED) is 0.158. The van der Waals surface area contributed by atoms with Crippen molar-refractivity contribution < 1.29 is 18.8 Å². The molecule has 7 nitrogen and oxygen atoms in total. The number of fused-ring (bicyclic) bond motifs is 1. The largest absolute Gasteiger partial charge is 0.339 e. The summed E-state index contributed by atoms with van der Waals surface area (Å²) >= 11 is 1.17. The van der Waals surface area contributed by atoms with Crippen molar-refractivity contribution in [3.05, 3.63) is 154 Å². The molecule has 0 bridgehead atoms. The van der Waals surface area contributed by atoms with E-state index in [-0.39, 0.29) is 34.6 Å². The molecule has 5 aromatic carbocycles. The highest BCUT2D eigenvalue weighted by Crippen LogP contribution is 2.32. The summed E-state index contributed by atoms with van der Waals surface area (Å²) in [6.07, 6.45) is 0. The molecule has 6 aromatic rings. The summed E-state index contributed by atoms with van der Waals surface area (Å²) in [4.78, 5) is 47.0. The highest BCUT2D eigenvalue weighted by atomic mass is 32.1. The Balaban J connectivity index is 1.20. The highest BCUT2D eigenvalue weighted by Gasteiger charge is 2.28. The summed E-state index contributed by atoms with van der Waals surface area (Å²) in [7, 11) is 1.64. The van der Waals surface area contributed by atoms with Crippen LogP contribution in [-0.4, -0.2) is 34.7 Å². The standard InChI is InChI=1S/C42H39FN4O3S/c1-26-10-9-13-33(36(26)28-16-18-30(19-17-28)42(2,3)4)38(48)44-32-22-23-34-35(24-32)51-40(45-34)39(49)46-37(29-11-7-6-8-12-29)41(50)47(5)25-27-14-20-31(43)21-15-27/h6-24,37H,25H2,1-5H3,(H,44,48)(H,46,49)/t37-/m0/s1. The van der Waals surface area contributed by atoms with Crippen molar-refractivity contribution in [3.63, 3.8) is 0 Å². The molecule has 1 atom stereocenters. The van der Waals surface area contributed by atoms with Crippen molar-refractivity contribution in [1.29, 1.82) is 0 Å². The first-order valence-electron chi connectivity index (χ1n) is 16.6. The number of thiazole rings is 1. The molecule has 51 heavy (non-hydrogen) atoms. The first-order valence-corrected chi connectivity index (χ1v) is 17.5. The maximum Gasteiger partial charge on any atom is 0.281 e. The van der Waals surface area contributed by atoms with Crippen molar-refractivity contribution in [1.82, 2.24) is 15.2 Å². The van der Waals surface area contributed by atoms with Gasteiger partial charge in [0.1, 0.15) is 11.9 Å². The SMILES string of the molecule is Cc1cccc(C(=O)Nc2ccc3nc(C(=O)N[C@H](C(=O)N(C)Cc4ccc(F)cc4)c4ccccc4)sc3c2)c1-c1ccc(C(C)(C)C)cc1. The molecule has 0 unspecified atom stereocenters. The van der Waals surface area contributed by atoms with Crippen molar-refractivity contribution in [2.45, 2.75) is 45.7 Å². The van der Waals surface area contributed by atoms with Crippen LogP contribution in [0.4, 0.5) is 10.1 Å². The van der Waals surface area contributed by atoms with E-state index >= 15 is 0 Å². The fourth-order valence-corrected chi connectivity index (χ4v) is 6.87. The van der Waals surface area contributed by atoms with E-state index in [0.29, 0.717) is 27.0 Å². The lowest BCUT2D eigenvalue weighted by Crippen LogP contribution is -2.41. The molecule has 0 aliphatic rings. The molecular formula is C42H39FN4O3S. The molecule has 0 aliphatic heterocycles. The average Bonchev–Trinajstić information content (AvgIpc) is 3.55. The van der Waals surface area contributed by atoms with E-state index in [4.69, 9.17) is 0 Å². The molecule has 1 aromatic heterocycles. The van der Waals surface area contributed by atoms with Crippen LogP contribution in [0.25, 0.3) is 21.3 Å². The number of amides is 3. The van der Waals surface area contributed by atoms with Gasteiger partial charge < -0.3 is 15.5 Å². The molecular weight excluding hydrogens is 660 g/mol. The molecule has 9 heteroatoms. The van der Waals surface area contributed by atoms with E-state index in [2.05, 4.69) is 60.7 Å². The van der Waals surface area contributed by atoms with E-state index in [1.54, 1.807) is 61.6 Å². The van der Waals surface area contributed by atoms with Gasteiger partial charge in [0, 0.05) is 24.8 Å². The predicted molar refractivity (Wildman–Crippen MR) is 202 cm³/mol. The third kappa shape index (κ3) is 8.05. The molecule has 3 amide bonds. The first kappa shape index (κ1) is 35.2. The Labute approximate surface area is 301 Å². The Morgan fingerprint density at radius 2 is 1.55 bits per heavy atom. The summed E-state index contributed by atoms with van der Waals surface area (Å²) in [5, 5.41) is 6.10. The van der Waals surface area contributed by atoms with Gasteiger partial charge in [-0.3, -0.25) is 14.4 Å². The molecule has 0 aliphatic carbocycles. The maximum absolute atomic E-state index is 13.7. The molecule has 0 saturated carbocycles. The van der Waals surface area contributed by atoms with Crippen LogP contribution in [0.5, 0.6) is 0 Å². The van der Waals surface area contributed by atoms with E-state index in [9.17, 15) is 18.8 Å². The zero-order valence-electron chi connectivity index (χ0n) is 29.2. The number of carbonyl (C=O) groups excluding carboxylic acids is 3. The number of halogens is 1. The van der Waals surface area contributed by atoms with Crippen LogP contribution in [0.1, 0.15) is 69.2 Å². The van der Waals surface area contributed by atoms with Gasteiger partial charge in [-0.05, 0) is 82.1 Å². The second kappa shape index (κ2) is 14.7. The Bertz CT molecular complexity index is 2210. The minimum absolute atomic E-state index is 0.0181. The summed E-state index contributed by atoms with van der Waals surface area (Å²) < 4.78 is 14.1. The number of aromatic nitrogens is 1. The van der Waals surface area contributed by atoms with Gasteiger partial charge in [0.25, 0.3) is 11.8 Å². The van der Waals surface area contributed by atoms with Crippen LogP contribution in [0.2, 0.25) is 0 Å². The number of hydrogen-bond donors (Lipinski definition) is 2. The molecule has 0 fully saturated rings. The lowest BCUT2D eigenvalue weighted by molar-refractivity contribution is -0.132. The van der Waals surface area contributed by atoms with Crippen LogP contribution in [0.3, 0.4) is 0 Å². The van der Waals surface area contributed by atoms with Gasteiger partial charge in [-0.1, -0.05) is 99.6 Å². The molecule has 0 spiro atoms. The molecule has 258 valence electrons. The van der Waals surface area contributed by atoms with Gasteiger partial charge in [0.05, 0.1) is 10.2 Å². The number of likely N-dealkylation sites (N-methyl/N-ethyl adjacent to an activating group) is 1. The third-order valence-electron chi connectivity index (χ3n) is 8.76. The van der Waals surface area contributed by atoms with Crippen LogP contribution >= 0.6 is 11.3 Å². The van der Waals surface area contributed by atoms with E-state index in [0.717, 1.165) is 22.3 Å². The Morgan fingerprint density at radius 1 is 0.843 bits per heavy atom. The third-order valence-corrected chi connectivity index (χ3v) is 9.78. The molecule has 6 rings (SSSR count). The van der Waals surface area contributed by atoms with Crippen molar-refractivity contribution in [2.24, 2.45) is 0 Å². The van der Waals surface area contributed by atoms with E-state index in [1.807, 2.05) is 31.2 Å². The molecule has 2 N–H and O–H groups in total. The Hall–Kier alpha value is -5.67. The summed E-state index contributed by atoms with van der Waals surface area (Å²) in [5.74, 6) is -1.43. The number of aryl methyl sites for hydroxylation is 1. The summed E-state index contributed by atoms with van der Waals surface area (Å²) in [5.41, 5.74) is 7.16. The van der Waals surface area contributed by atoms with Gasteiger partial charge in [0.15, 0.2) is 5.01 Å². The lowest BCUT2D eigenvalue weighted by Gasteiger charge is -2.25. The van der Waals surface area contributed by atoms with Crippen molar-refractivity contribution >= 4 is 45.0 Å². The topological polar surface area (TPSA) is 91.4 Å². The van der Waals surface area contributed by atoms with E-state index < -0.39 is 11.9 Å².